The molecule has 24 heavy (non-hydrogen) atoms. The smallest absolute Gasteiger partial charge is 0.175 e. The van der Waals surface area contributed by atoms with Crippen LogP contribution in [0, 0.1) is 6.92 Å². The zero-order chi connectivity index (χ0) is 17.3. The monoisotopic (exact) mass is 349 g/mol. The zero-order valence-electron chi connectivity index (χ0n) is 14.3. The Bertz CT molecular complexity index is 812. The van der Waals surface area contributed by atoms with Crippen LogP contribution in [0.3, 0.4) is 0 Å². The lowest BCUT2D eigenvalue weighted by Gasteiger charge is -2.32. The fourth-order valence-electron chi connectivity index (χ4n) is 3.04. The van der Waals surface area contributed by atoms with Gasteiger partial charge in [-0.15, -0.1) is 0 Å². The van der Waals surface area contributed by atoms with Crippen molar-refractivity contribution < 1.29 is 13.2 Å². The van der Waals surface area contributed by atoms with E-state index in [-0.39, 0.29) is 6.10 Å². The maximum Gasteiger partial charge on any atom is 0.175 e. The van der Waals surface area contributed by atoms with Gasteiger partial charge in [-0.25, -0.2) is 13.4 Å². The molecule has 1 saturated heterocycles. The number of morpholine rings is 1. The molecule has 0 spiro atoms. The first-order valence-corrected chi connectivity index (χ1v) is 9.85. The minimum absolute atomic E-state index is 0.0345. The molecular weight excluding hydrogens is 326 g/mol. The molecule has 0 amide bonds. The molecule has 0 saturated carbocycles. The first-order chi connectivity index (χ1) is 11.3. The molecule has 2 heterocycles. The Kier molecular flexibility index (Phi) is 4.76. The van der Waals surface area contributed by atoms with Gasteiger partial charge in [0.25, 0.3) is 0 Å². The summed E-state index contributed by atoms with van der Waals surface area (Å²) in [5, 5.41) is 0. The van der Waals surface area contributed by atoms with Gasteiger partial charge in [0, 0.05) is 39.1 Å². The van der Waals surface area contributed by atoms with Crippen LogP contribution in [0.5, 0.6) is 0 Å². The van der Waals surface area contributed by atoms with E-state index in [2.05, 4.69) is 9.88 Å². The predicted octanol–water partition coefficient (Wildman–Crippen LogP) is 1.71. The molecule has 1 aliphatic heterocycles. The molecule has 0 N–H and O–H groups in total. The van der Waals surface area contributed by atoms with Crippen LogP contribution < -0.4 is 0 Å². The number of hydrogen-bond donors (Lipinski definition) is 0. The van der Waals surface area contributed by atoms with Crippen LogP contribution in [-0.2, 0) is 28.2 Å². The van der Waals surface area contributed by atoms with Crippen LogP contribution in [0.25, 0.3) is 0 Å². The second-order valence-corrected chi connectivity index (χ2v) is 8.38. The van der Waals surface area contributed by atoms with Crippen LogP contribution in [0.2, 0.25) is 0 Å². The molecule has 2 aromatic rings. The molecule has 0 bridgehead atoms. The molecular formula is C17H23N3O3S. The second-order valence-electron chi connectivity index (χ2n) is 6.36. The Hall–Kier alpha value is -1.70. The van der Waals surface area contributed by atoms with E-state index in [0.29, 0.717) is 11.5 Å². The highest BCUT2D eigenvalue weighted by Crippen LogP contribution is 2.23. The maximum absolute atomic E-state index is 11.5. The third-order valence-corrected chi connectivity index (χ3v) is 5.36. The summed E-state index contributed by atoms with van der Waals surface area (Å²) in [5.74, 6) is 0.949. The maximum atomic E-state index is 11.5. The molecule has 0 radical (unpaired) electrons. The molecule has 1 aromatic heterocycles. The number of rotatable bonds is 4. The molecule has 1 aliphatic rings. The number of ether oxygens (including phenoxy) is 1. The van der Waals surface area contributed by atoms with Crippen molar-refractivity contribution in [3.05, 3.63) is 47.5 Å². The lowest BCUT2D eigenvalue weighted by molar-refractivity contribution is -0.0384. The van der Waals surface area contributed by atoms with Gasteiger partial charge in [-0.1, -0.05) is 12.1 Å². The van der Waals surface area contributed by atoms with Gasteiger partial charge in [0.15, 0.2) is 9.84 Å². The Morgan fingerprint density at radius 2 is 2.00 bits per heavy atom. The van der Waals surface area contributed by atoms with E-state index in [9.17, 15) is 8.42 Å². The van der Waals surface area contributed by atoms with Crippen molar-refractivity contribution in [3.63, 3.8) is 0 Å². The zero-order valence-corrected chi connectivity index (χ0v) is 15.1. The van der Waals surface area contributed by atoms with E-state index in [4.69, 9.17) is 4.74 Å². The van der Waals surface area contributed by atoms with Crippen LogP contribution in [-0.4, -0.2) is 48.8 Å². The first kappa shape index (κ1) is 17.1. The average Bonchev–Trinajstić information content (AvgIpc) is 2.86. The summed E-state index contributed by atoms with van der Waals surface area (Å²) in [6.07, 6.45) is 3.19. The van der Waals surface area contributed by atoms with Gasteiger partial charge < -0.3 is 9.30 Å². The number of imidazole rings is 1. The summed E-state index contributed by atoms with van der Waals surface area (Å²) in [5.41, 5.74) is 2.09. The molecule has 0 unspecified atom stereocenters. The minimum atomic E-state index is -3.14. The standard InChI is InChI=1S/C17H23N3O3S/c1-13-10-19(2)17(18-13)16-12-20(8-9-23-16)11-14-4-6-15(7-5-14)24(3,21)22/h4-7,10,16H,8-9,11-12H2,1-3H3/t16-/m0/s1. The van der Waals surface area contributed by atoms with Crippen molar-refractivity contribution in [1.29, 1.82) is 0 Å². The average molecular weight is 349 g/mol. The van der Waals surface area contributed by atoms with Crippen molar-refractivity contribution in [2.75, 3.05) is 26.0 Å². The molecule has 130 valence electrons. The Morgan fingerprint density at radius 3 is 2.58 bits per heavy atom. The van der Waals surface area contributed by atoms with Crippen LogP contribution in [0.4, 0.5) is 0 Å². The van der Waals surface area contributed by atoms with E-state index in [1.807, 2.05) is 36.9 Å². The lowest BCUT2D eigenvalue weighted by Crippen LogP contribution is -2.38. The van der Waals surface area contributed by atoms with Crippen molar-refractivity contribution >= 4 is 9.84 Å². The predicted molar refractivity (Wildman–Crippen MR) is 91.5 cm³/mol. The lowest BCUT2D eigenvalue weighted by atomic mass is 10.2. The summed E-state index contributed by atoms with van der Waals surface area (Å²) >= 11 is 0. The Morgan fingerprint density at radius 1 is 1.29 bits per heavy atom. The number of aromatic nitrogens is 2. The van der Waals surface area contributed by atoms with Gasteiger partial charge in [-0.05, 0) is 24.6 Å². The number of aryl methyl sites for hydroxylation is 2. The number of nitrogens with zero attached hydrogens (tertiary/aromatic N) is 3. The van der Waals surface area contributed by atoms with E-state index in [1.54, 1.807) is 12.1 Å². The Labute approximate surface area is 143 Å². The highest BCUT2D eigenvalue weighted by Gasteiger charge is 2.25. The molecule has 7 heteroatoms. The molecule has 1 atom stereocenters. The molecule has 3 rings (SSSR count). The molecule has 1 fully saturated rings. The highest BCUT2D eigenvalue weighted by molar-refractivity contribution is 7.90. The summed E-state index contributed by atoms with van der Waals surface area (Å²) in [6, 6.07) is 7.10. The SMILES string of the molecule is Cc1cn(C)c([C@@H]2CN(Cc3ccc(S(C)(=O)=O)cc3)CCO2)n1. The van der Waals surface area contributed by atoms with Crippen LogP contribution in [0.1, 0.15) is 23.2 Å². The Balaban J connectivity index is 1.68. The minimum Gasteiger partial charge on any atom is -0.368 e. The van der Waals surface area contributed by atoms with Gasteiger partial charge >= 0.3 is 0 Å². The van der Waals surface area contributed by atoms with Crippen molar-refractivity contribution in [2.45, 2.75) is 24.5 Å². The van der Waals surface area contributed by atoms with Crippen molar-refractivity contribution in [1.82, 2.24) is 14.5 Å². The fourth-order valence-corrected chi connectivity index (χ4v) is 3.67. The third kappa shape index (κ3) is 3.85. The fraction of sp³-hybridized carbons (Fsp3) is 0.471. The normalized spacial score (nSPS) is 19.5. The van der Waals surface area contributed by atoms with Crippen molar-refractivity contribution in [3.8, 4) is 0 Å². The summed E-state index contributed by atoms with van der Waals surface area (Å²) in [6.45, 7) is 5.05. The molecule has 6 nitrogen and oxygen atoms in total. The van der Waals surface area contributed by atoms with E-state index < -0.39 is 9.84 Å². The van der Waals surface area contributed by atoms with E-state index in [0.717, 1.165) is 36.7 Å². The highest BCUT2D eigenvalue weighted by atomic mass is 32.2. The van der Waals surface area contributed by atoms with E-state index in [1.165, 1.54) is 6.26 Å². The molecule has 1 aromatic carbocycles. The van der Waals surface area contributed by atoms with Gasteiger partial charge in [-0.3, -0.25) is 4.90 Å². The first-order valence-electron chi connectivity index (χ1n) is 7.96. The molecule has 0 aliphatic carbocycles. The van der Waals surface area contributed by atoms with Gasteiger partial charge in [-0.2, -0.15) is 0 Å². The second kappa shape index (κ2) is 6.66. The summed E-state index contributed by atoms with van der Waals surface area (Å²) in [4.78, 5) is 7.23. The number of benzene rings is 1. The van der Waals surface area contributed by atoms with Crippen LogP contribution in [0.15, 0.2) is 35.4 Å². The van der Waals surface area contributed by atoms with Crippen LogP contribution >= 0.6 is 0 Å². The van der Waals surface area contributed by atoms with Gasteiger partial charge in [0.1, 0.15) is 11.9 Å². The largest absolute Gasteiger partial charge is 0.368 e. The van der Waals surface area contributed by atoms with Gasteiger partial charge in [0.05, 0.1) is 17.2 Å². The summed E-state index contributed by atoms with van der Waals surface area (Å²) in [7, 11) is -1.16. The topological polar surface area (TPSA) is 64.4 Å². The van der Waals surface area contributed by atoms with Crippen molar-refractivity contribution in [2.24, 2.45) is 7.05 Å². The summed E-state index contributed by atoms with van der Waals surface area (Å²) < 4.78 is 31.0. The number of sulfone groups is 1. The third-order valence-electron chi connectivity index (χ3n) is 4.23. The van der Waals surface area contributed by atoms with Gasteiger partial charge in [0.2, 0.25) is 0 Å². The quantitative estimate of drug-likeness (QED) is 0.841. The van der Waals surface area contributed by atoms with E-state index >= 15 is 0 Å². The number of hydrogen-bond acceptors (Lipinski definition) is 5.